The number of ether oxygens (including phenoxy) is 1. The van der Waals surface area contributed by atoms with Crippen LogP contribution in [0.25, 0.3) is 11.1 Å². The minimum Gasteiger partial charge on any atom is -0.480 e. The Morgan fingerprint density at radius 2 is 1.55 bits per heavy atom. The smallest absolute Gasteiger partial charge is 0.407 e. The van der Waals surface area contributed by atoms with Gasteiger partial charge in [0, 0.05) is 18.5 Å². The quantitative estimate of drug-likeness (QED) is 0.597. The Balaban J connectivity index is 1.66. The highest BCUT2D eigenvalue weighted by Gasteiger charge is 2.34. The molecule has 0 radical (unpaired) electrons. The predicted molar refractivity (Wildman–Crippen MR) is 126 cm³/mol. The van der Waals surface area contributed by atoms with Crippen molar-refractivity contribution in [1.29, 1.82) is 0 Å². The number of benzene rings is 2. The van der Waals surface area contributed by atoms with Gasteiger partial charge in [-0.3, -0.25) is 9.59 Å². The number of alkyl carbamates (subject to hydrolysis) is 1. The van der Waals surface area contributed by atoms with Crippen LogP contribution >= 0.6 is 0 Å². The largest absolute Gasteiger partial charge is 0.480 e. The molecule has 0 heterocycles. The number of likely N-dealkylation sites (N-methyl/N-ethyl adjacent to an activating group) is 1. The monoisotopic (exact) mass is 452 g/mol. The Morgan fingerprint density at radius 3 is 2.03 bits per heavy atom. The van der Waals surface area contributed by atoms with E-state index in [-0.39, 0.29) is 37.4 Å². The number of carboxylic acids is 1. The highest BCUT2D eigenvalue weighted by atomic mass is 16.5. The standard InChI is InChI=1S/C26H32N2O5/c1-5-28(14-23(29)30)25(31)24(16(2)3)17(4)27-26(32)33-15-22-20-12-8-6-10-18(20)19-11-7-9-13-21(19)22/h6-13,16-17,22,24H,5,14-15H2,1-4H3,(H,27,32)(H,29,30). The molecule has 0 fully saturated rings. The summed E-state index contributed by atoms with van der Waals surface area (Å²) in [5, 5.41) is 11.9. The molecule has 0 bridgehead atoms. The van der Waals surface area contributed by atoms with Gasteiger partial charge in [-0.1, -0.05) is 62.4 Å². The molecule has 0 saturated carbocycles. The first-order valence-corrected chi connectivity index (χ1v) is 11.4. The lowest BCUT2D eigenvalue weighted by Crippen LogP contribution is -2.50. The molecule has 0 aliphatic heterocycles. The van der Waals surface area contributed by atoms with Gasteiger partial charge in [0.1, 0.15) is 13.2 Å². The van der Waals surface area contributed by atoms with E-state index in [4.69, 9.17) is 9.84 Å². The van der Waals surface area contributed by atoms with Gasteiger partial charge in [-0.2, -0.15) is 0 Å². The molecule has 0 saturated heterocycles. The van der Waals surface area contributed by atoms with E-state index in [1.165, 1.54) is 4.90 Å². The molecule has 2 amide bonds. The number of hydrogen-bond acceptors (Lipinski definition) is 4. The number of carbonyl (C=O) groups is 3. The number of rotatable bonds is 9. The van der Waals surface area contributed by atoms with Gasteiger partial charge >= 0.3 is 12.1 Å². The first-order valence-electron chi connectivity index (χ1n) is 11.4. The predicted octanol–water partition coefficient (Wildman–Crippen LogP) is 4.12. The fraction of sp³-hybridized carbons (Fsp3) is 0.423. The molecular weight excluding hydrogens is 420 g/mol. The second kappa shape index (κ2) is 10.5. The molecule has 2 N–H and O–H groups in total. The molecular formula is C26H32N2O5. The van der Waals surface area contributed by atoms with E-state index in [0.29, 0.717) is 0 Å². The molecule has 7 nitrogen and oxygen atoms in total. The van der Waals surface area contributed by atoms with Crippen LogP contribution < -0.4 is 5.32 Å². The summed E-state index contributed by atoms with van der Waals surface area (Å²) >= 11 is 0. The number of aliphatic carboxylic acids is 1. The van der Waals surface area contributed by atoms with Crippen molar-refractivity contribution < 1.29 is 24.2 Å². The second-order valence-electron chi connectivity index (χ2n) is 8.77. The van der Waals surface area contributed by atoms with Gasteiger partial charge < -0.3 is 20.1 Å². The van der Waals surface area contributed by atoms with Gasteiger partial charge in [0.25, 0.3) is 0 Å². The Morgan fingerprint density at radius 1 is 1.00 bits per heavy atom. The zero-order valence-corrected chi connectivity index (χ0v) is 19.6. The summed E-state index contributed by atoms with van der Waals surface area (Å²) in [6.07, 6.45) is -0.593. The van der Waals surface area contributed by atoms with Crippen molar-refractivity contribution in [2.45, 2.75) is 39.7 Å². The average Bonchev–Trinajstić information content (AvgIpc) is 3.09. The van der Waals surface area contributed by atoms with Crippen LogP contribution in [0.4, 0.5) is 4.79 Å². The Kier molecular flexibility index (Phi) is 7.74. The first-order chi connectivity index (χ1) is 15.7. The fourth-order valence-corrected chi connectivity index (χ4v) is 4.71. The maximum absolute atomic E-state index is 13.0. The molecule has 2 atom stereocenters. The van der Waals surface area contributed by atoms with Gasteiger partial charge in [0.05, 0.1) is 5.92 Å². The van der Waals surface area contributed by atoms with Crippen LogP contribution in [0.2, 0.25) is 0 Å². The van der Waals surface area contributed by atoms with Gasteiger partial charge in [0.2, 0.25) is 5.91 Å². The van der Waals surface area contributed by atoms with E-state index in [1.807, 2.05) is 38.1 Å². The SMILES string of the molecule is CCN(CC(=O)O)C(=O)C(C(C)C)C(C)NC(=O)OCC1c2ccccc2-c2ccccc21. The normalized spacial score (nSPS) is 14.2. The van der Waals surface area contributed by atoms with E-state index >= 15 is 0 Å². The third kappa shape index (κ3) is 5.35. The van der Waals surface area contributed by atoms with E-state index in [0.717, 1.165) is 22.3 Å². The number of carbonyl (C=O) groups excluding carboxylic acids is 2. The van der Waals surface area contributed by atoms with E-state index < -0.39 is 24.0 Å². The summed E-state index contributed by atoms with van der Waals surface area (Å²) < 4.78 is 5.60. The molecule has 2 aromatic carbocycles. The second-order valence-corrected chi connectivity index (χ2v) is 8.77. The van der Waals surface area contributed by atoms with Crippen LogP contribution in [-0.4, -0.2) is 53.7 Å². The summed E-state index contributed by atoms with van der Waals surface area (Å²) in [7, 11) is 0. The van der Waals surface area contributed by atoms with Gasteiger partial charge in [-0.25, -0.2) is 4.79 Å². The van der Waals surface area contributed by atoms with Crippen molar-refractivity contribution in [2.75, 3.05) is 19.7 Å². The minimum absolute atomic E-state index is 0.0490. The molecule has 7 heteroatoms. The summed E-state index contributed by atoms with van der Waals surface area (Å²) in [5.74, 6) is -2.06. The molecule has 1 aliphatic carbocycles. The molecule has 3 rings (SSSR count). The third-order valence-electron chi connectivity index (χ3n) is 6.25. The highest BCUT2D eigenvalue weighted by molar-refractivity contribution is 5.84. The molecule has 0 aromatic heterocycles. The van der Waals surface area contributed by atoms with E-state index in [2.05, 4.69) is 29.6 Å². The maximum Gasteiger partial charge on any atom is 0.407 e. The lowest BCUT2D eigenvalue weighted by molar-refractivity contribution is -0.147. The van der Waals surface area contributed by atoms with Crippen molar-refractivity contribution in [1.82, 2.24) is 10.2 Å². The zero-order chi connectivity index (χ0) is 24.1. The van der Waals surface area contributed by atoms with Crippen molar-refractivity contribution in [3.8, 4) is 11.1 Å². The number of nitrogens with one attached hydrogen (secondary N) is 1. The molecule has 33 heavy (non-hydrogen) atoms. The number of amides is 2. The topological polar surface area (TPSA) is 95.9 Å². The van der Waals surface area contributed by atoms with Crippen LogP contribution in [0.15, 0.2) is 48.5 Å². The van der Waals surface area contributed by atoms with E-state index in [9.17, 15) is 14.4 Å². The average molecular weight is 453 g/mol. The summed E-state index contributed by atoms with van der Waals surface area (Å²) in [6, 6.07) is 15.7. The summed E-state index contributed by atoms with van der Waals surface area (Å²) in [6.45, 7) is 7.36. The zero-order valence-electron chi connectivity index (χ0n) is 19.6. The molecule has 2 aromatic rings. The van der Waals surface area contributed by atoms with Crippen molar-refractivity contribution in [2.24, 2.45) is 11.8 Å². The maximum atomic E-state index is 13.0. The first kappa shape index (κ1) is 24.3. The lowest BCUT2D eigenvalue weighted by atomic mass is 9.88. The number of hydrogen-bond donors (Lipinski definition) is 2. The van der Waals surface area contributed by atoms with Crippen LogP contribution in [0.5, 0.6) is 0 Å². The van der Waals surface area contributed by atoms with Crippen LogP contribution in [0.3, 0.4) is 0 Å². The fourth-order valence-electron chi connectivity index (χ4n) is 4.71. The lowest BCUT2D eigenvalue weighted by Gasteiger charge is -2.31. The highest BCUT2D eigenvalue weighted by Crippen LogP contribution is 2.44. The Bertz CT molecular complexity index is 974. The number of carboxylic acid groups (broad SMARTS) is 1. The van der Waals surface area contributed by atoms with Gasteiger partial charge in [-0.05, 0) is 42.0 Å². The molecule has 1 aliphatic rings. The molecule has 2 unspecified atom stereocenters. The van der Waals surface area contributed by atoms with Crippen molar-refractivity contribution >= 4 is 18.0 Å². The van der Waals surface area contributed by atoms with Crippen LogP contribution in [0, 0.1) is 11.8 Å². The third-order valence-corrected chi connectivity index (χ3v) is 6.25. The summed E-state index contributed by atoms with van der Waals surface area (Å²) in [5.41, 5.74) is 4.56. The van der Waals surface area contributed by atoms with Crippen LogP contribution in [0.1, 0.15) is 44.7 Å². The summed E-state index contributed by atoms with van der Waals surface area (Å²) in [4.78, 5) is 38.0. The minimum atomic E-state index is -1.06. The number of nitrogens with zero attached hydrogens (tertiary/aromatic N) is 1. The van der Waals surface area contributed by atoms with Crippen LogP contribution in [-0.2, 0) is 14.3 Å². The number of fused-ring (bicyclic) bond motifs is 3. The van der Waals surface area contributed by atoms with Crippen molar-refractivity contribution in [3.63, 3.8) is 0 Å². The Hall–Kier alpha value is -3.35. The Labute approximate surface area is 194 Å². The van der Waals surface area contributed by atoms with Crippen molar-refractivity contribution in [3.05, 3.63) is 59.7 Å². The van der Waals surface area contributed by atoms with Gasteiger partial charge in [-0.15, -0.1) is 0 Å². The van der Waals surface area contributed by atoms with Gasteiger partial charge in [0.15, 0.2) is 0 Å². The van der Waals surface area contributed by atoms with E-state index in [1.54, 1.807) is 13.8 Å². The molecule has 0 spiro atoms. The molecule has 176 valence electrons.